The van der Waals surface area contributed by atoms with Crippen molar-refractivity contribution in [3.8, 4) is 5.75 Å². The number of piperazine rings is 1. The number of fused-ring (bicyclic) bond motifs is 1. The second-order valence-electron chi connectivity index (χ2n) is 6.33. The summed E-state index contributed by atoms with van der Waals surface area (Å²) >= 11 is -3.15. The van der Waals surface area contributed by atoms with E-state index in [9.17, 15) is 22.5 Å². The Morgan fingerprint density at radius 1 is 1.36 bits per heavy atom. The van der Waals surface area contributed by atoms with Gasteiger partial charge in [0.2, 0.25) is 5.91 Å². The summed E-state index contributed by atoms with van der Waals surface area (Å²) in [6.07, 6.45) is 1.71. The molecule has 1 amide bonds. The Hall–Kier alpha value is -1.71. The van der Waals surface area contributed by atoms with Gasteiger partial charge in [0.05, 0.1) is 23.4 Å². The van der Waals surface area contributed by atoms with Crippen LogP contribution in [0.1, 0.15) is 19.4 Å². The van der Waals surface area contributed by atoms with E-state index in [0.29, 0.717) is 30.1 Å². The first-order valence-corrected chi connectivity index (χ1v) is 8.79. The Bertz CT molecular complexity index is 734. The SMILES string of the molecule is CC1(C)C=C(N2CCNCC2=O)c2cc([S+]([O-])C(F)(F)F)ccc2O1. The summed E-state index contributed by atoms with van der Waals surface area (Å²) in [5.41, 5.74) is -4.75. The molecule has 0 aromatic heterocycles. The zero-order valence-electron chi connectivity index (χ0n) is 13.6. The highest BCUT2D eigenvalue weighted by Gasteiger charge is 2.46. The number of carbonyl (C=O) groups excluding carboxylic acids is 1. The molecule has 9 heteroatoms. The molecular weight excluding hydrogens is 357 g/mol. The first kappa shape index (κ1) is 18.1. The van der Waals surface area contributed by atoms with Crippen LogP contribution in [0.15, 0.2) is 29.2 Å². The molecule has 0 bridgehead atoms. The lowest BCUT2D eigenvalue weighted by Gasteiger charge is -2.37. The zero-order chi connectivity index (χ0) is 18.4. The largest absolute Gasteiger partial charge is 0.604 e. The van der Waals surface area contributed by atoms with Crippen LogP contribution in [0, 0.1) is 0 Å². The molecular formula is C16H17F3N2O3S. The minimum Gasteiger partial charge on any atom is -0.604 e. The van der Waals surface area contributed by atoms with Crippen molar-refractivity contribution in [2.24, 2.45) is 0 Å². The first-order valence-electron chi connectivity index (χ1n) is 7.64. The number of alkyl halides is 3. The molecule has 136 valence electrons. The highest BCUT2D eigenvalue weighted by atomic mass is 32.2. The predicted octanol–water partition coefficient (Wildman–Crippen LogP) is 2.26. The second-order valence-corrected chi connectivity index (χ2v) is 7.80. The van der Waals surface area contributed by atoms with E-state index in [1.807, 2.05) is 0 Å². The number of carbonyl (C=O) groups is 1. The van der Waals surface area contributed by atoms with E-state index in [4.69, 9.17) is 4.74 Å². The smallest absolute Gasteiger partial charge is 0.578 e. The Kier molecular flexibility index (Phi) is 4.50. The number of benzene rings is 1. The fraction of sp³-hybridized carbons (Fsp3) is 0.438. The zero-order valence-corrected chi connectivity index (χ0v) is 14.5. The van der Waals surface area contributed by atoms with Gasteiger partial charge in [0, 0.05) is 24.7 Å². The lowest BCUT2D eigenvalue weighted by molar-refractivity contribution is -0.128. The van der Waals surface area contributed by atoms with Crippen molar-refractivity contribution in [1.82, 2.24) is 10.2 Å². The molecule has 1 aromatic carbocycles. The summed E-state index contributed by atoms with van der Waals surface area (Å²) in [4.78, 5) is 13.4. The Morgan fingerprint density at radius 3 is 2.72 bits per heavy atom. The van der Waals surface area contributed by atoms with E-state index in [2.05, 4.69) is 5.32 Å². The third kappa shape index (κ3) is 3.63. The molecule has 1 saturated heterocycles. The highest BCUT2D eigenvalue weighted by Crippen LogP contribution is 2.41. The van der Waals surface area contributed by atoms with E-state index in [-0.39, 0.29) is 17.3 Å². The molecule has 0 radical (unpaired) electrons. The van der Waals surface area contributed by atoms with E-state index in [0.717, 1.165) is 6.07 Å². The highest BCUT2D eigenvalue weighted by molar-refractivity contribution is 7.92. The predicted molar refractivity (Wildman–Crippen MR) is 86.2 cm³/mol. The van der Waals surface area contributed by atoms with Crippen LogP contribution in [0.5, 0.6) is 5.75 Å². The van der Waals surface area contributed by atoms with Crippen LogP contribution in [-0.4, -0.2) is 46.1 Å². The van der Waals surface area contributed by atoms with Gasteiger partial charge in [-0.25, -0.2) is 0 Å². The number of hydrogen-bond donors (Lipinski definition) is 1. The van der Waals surface area contributed by atoms with Crippen LogP contribution in [-0.2, 0) is 16.0 Å². The summed E-state index contributed by atoms with van der Waals surface area (Å²) in [6.45, 7) is 4.72. The molecule has 25 heavy (non-hydrogen) atoms. The van der Waals surface area contributed by atoms with Gasteiger partial charge in [0.15, 0.2) is 4.90 Å². The molecule has 1 unspecified atom stereocenters. The fourth-order valence-electron chi connectivity index (χ4n) is 2.85. The van der Waals surface area contributed by atoms with Gasteiger partial charge in [-0.2, -0.15) is 0 Å². The van der Waals surface area contributed by atoms with Crippen LogP contribution < -0.4 is 10.1 Å². The van der Waals surface area contributed by atoms with Crippen LogP contribution in [0.2, 0.25) is 0 Å². The monoisotopic (exact) mass is 374 g/mol. The number of nitrogens with one attached hydrogen (secondary N) is 1. The van der Waals surface area contributed by atoms with Gasteiger partial charge in [0.1, 0.15) is 11.4 Å². The first-order chi connectivity index (χ1) is 11.6. The molecule has 2 aliphatic heterocycles. The quantitative estimate of drug-likeness (QED) is 0.807. The summed E-state index contributed by atoms with van der Waals surface area (Å²) < 4.78 is 55.8. The molecule has 1 fully saturated rings. The number of ether oxygens (including phenoxy) is 1. The van der Waals surface area contributed by atoms with Crippen molar-refractivity contribution in [3.63, 3.8) is 0 Å². The van der Waals surface area contributed by atoms with Gasteiger partial charge in [-0.3, -0.25) is 4.79 Å². The lowest BCUT2D eigenvalue weighted by atomic mass is 9.98. The van der Waals surface area contributed by atoms with E-state index in [1.165, 1.54) is 17.0 Å². The van der Waals surface area contributed by atoms with Crippen molar-refractivity contribution < 1.29 is 27.3 Å². The number of halogens is 3. The fourth-order valence-corrected chi connectivity index (χ4v) is 3.54. The summed E-state index contributed by atoms with van der Waals surface area (Å²) in [7, 11) is 0. The normalized spacial score (nSPS) is 21.3. The van der Waals surface area contributed by atoms with E-state index in [1.54, 1.807) is 19.9 Å². The molecule has 3 rings (SSSR count). The summed E-state index contributed by atoms with van der Waals surface area (Å²) in [5.74, 6) is 0.181. The third-order valence-corrected chi connectivity index (χ3v) is 4.99. The lowest BCUT2D eigenvalue weighted by Crippen LogP contribution is -2.48. The number of rotatable bonds is 2. The van der Waals surface area contributed by atoms with Gasteiger partial charge in [-0.1, -0.05) is 0 Å². The van der Waals surface area contributed by atoms with Gasteiger partial charge in [0.25, 0.3) is 0 Å². The Morgan fingerprint density at radius 2 is 2.08 bits per heavy atom. The summed E-state index contributed by atoms with van der Waals surface area (Å²) in [6, 6.07) is 3.70. The molecule has 1 aromatic rings. The van der Waals surface area contributed by atoms with Gasteiger partial charge in [-0.15, -0.1) is 13.2 Å². The minimum absolute atomic E-state index is 0.155. The molecule has 0 aliphatic carbocycles. The topological polar surface area (TPSA) is 64.6 Å². The van der Waals surface area contributed by atoms with Crippen LogP contribution in [0.3, 0.4) is 0 Å². The number of hydrogen-bond acceptors (Lipinski definition) is 4. The summed E-state index contributed by atoms with van der Waals surface area (Å²) in [5, 5.41) is 2.95. The molecule has 0 saturated carbocycles. The van der Waals surface area contributed by atoms with Crippen LogP contribution >= 0.6 is 0 Å². The van der Waals surface area contributed by atoms with Crippen molar-refractivity contribution in [2.75, 3.05) is 19.6 Å². The van der Waals surface area contributed by atoms with Crippen LogP contribution in [0.25, 0.3) is 5.70 Å². The standard InChI is InChI=1S/C16H17F3N2O3S/c1-15(2)8-12(21-6-5-20-9-14(21)22)11-7-10(3-4-13(11)24-15)25(23)16(17,18)19/h3-4,7-8,20H,5-6,9H2,1-2H3. The maximum Gasteiger partial charge on any atom is 0.578 e. The van der Waals surface area contributed by atoms with Crippen molar-refractivity contribution in [2.45, 2.75) is 29.9 Å². The van der Waals surface area contributed by atoms with Crippen LogP contribution in [0.4, 0.5) is 13.2 Å². The molecule has 1 N–H and O–H groups in total. The maximum absolute atomic E-state index is 12.8. The molecule has 0 spiro atoms. The average molecular weight is 374 g/mol. The Labute approximate surface area is 146 Å². The molecule has 1 atom stereocenters. The minimum atomic E-state index is -4.85. The van der Waals surface area contributed by atoms with Gasteiger partial charge < -0.3 is 19.5 Å². The number of nitrogens with zero attached hydrogens (tertiary/aromatic N) is 1. The third-order valence-electron chi connectivity index (χ3n) is 3.89. The second kappa shape index (κ2) is 6.22. The van der Waals surface area contributed by atoms with E-state index < -0.39 is 22.3 Å². The van der Waals surface area contributed by atoms with E-state index >= 15 is 0 Å². The van der Waals surface area contributed by atoms with Gasteiger partial charge >= 0.3 is 5.51 Å². The molecule has 2 heterocycles. The molecule has 2 aliphatic rings. The van der Waals surface area contributed by atoms with Crippen molar-refractivity contribution in [3.05, 3.63) is 29.8 Å². The Balaban J connectivity index is 2.07. The average Bonchev–Trinajstić information content (AvgIpc) is 2.52. The van der Waals surface area contributed by atoms with Crippen molar-refractivity contribution >= 4 is 22.8 Å². The van der Waals surface area contributed by atoms with Gasteiger partial charge in [-0.05, 0) is 32.1 Å². The van der Waals surface area contributed by atoms with Crippen molar-refractivity contribution in [1.29, 1.82) is 0 Å². The maximum atomic E-state index is 12.8. The molecule has 5 nitrogen and oxygen atoms in total. The number of amides is 1.